The van der Waals surface area contributed by atoms with Crippen molar-refractivity contribution in [2.75, 3.05) is 0 Å². The number of rotatable bonds is 7. The number of halogens is 3. The molecule has 0 amide bonds. The monoisotopic (exact) mass is 472 g/mol. The molecule has 0 fully saturated rings. The Morgan fingerprint density at radius 2 is 1.86 bits per heavy atom. The number of nitriles is 1. The van der Waals surface area contributed by atoms with Crippen molar-refractivity contribution < 1.29 is 14.0 Å². The molecule has 7 heteroatoms. The maximum absolute atomic E-state index is 13.0. The van der Waals surface area contributed by atoms with Crippen LogP contribution in [-0.2, 0) is 18.1 Å². The van der Waals surface area contributed by atoms with Gasteiger partial charge >= 0.3 is 0 Å². The van der Waals surface area contributed by atoms with E-state index in [-0.39, 0.29) is 19.0 Å². The van der Waals surface area contributed by atoms with Crippen molar-refractivity contribution in [1.82, 2.24) is 0 Å². The second-order valence-electron chi connectivity index (χ2n) is 6.01. The fraction of sp³-hybridized carbons (Fsp3) is 0.0909. The largest absolute Gasteiger partial charge is 0.486 e. The Morgan fingerprint density at radius 3 is 2.59 bits per heavy atom. The van der Waals surface area contributed by atoms with E-state index in [4.69, 9.17) is 26.4 Å². The lowest BCUT2D eigenvalue weighted by Crippen LogP contribution is -1.98. The van der Waals surface area contributed by atoms with E-state index in [1.54, 1.807) is 36.4 Å². The Hall–Kier alpha value is -2.88. The van der Waals surface area contributed by atoms with Crippen LogP contribution in [0, 0.1) is 17.1 Å². The highest BCUT2D eigenvalue weighted by molar-refractivity contribution is 9.10. The van der Waals surface area contributed by atoms with E-state index in [0.29, 0.717) is 26.4 Å². The molecule has 0 saturated carbocycles. The molecular weight excluding hydrogens is 459 g/mol. The average Bonchev–Trinajstić information content (AvgIpc) is 2.72. The van der Waals surface area contributed by atoms with Crippen LogP contribution >= 0.6 is 27.5 Å². The van der Waals surface area contributed by atoms with Crippen LogP contribution in [0.15, 0.2) is 70.3 Å². The third kappa shape index (κ3) is 5.80. The second kappa shape index (κ2) is 10.1. The summed E-state index contributed by atoms with van der Waals surface area (Å²) in [6, 6.07) is 18.8. The first kappa shape index (κ1) is 20.8. The van der Waals surface area contributed by atoms with Crippen LogP contribution in [-0.4, -0.2) is 6.21 Å². The molecule has 0 saturated heterocycles. The van der Waals surface area contributed by atoms with Crippen molar-refractivity contribution in [3.8, 4) is 11.8 Å². The van der Waals surface area contributed by atoms with Crippen LogP contribution in [0.2, 0.25) is 5.02 Å². The van der Waals surface area contributed by atoms with Gasteiger partial charge in [0.15, 0.2) is 5.75 Å². The summed E-state index contributed by atoms with van der Waals surface area (Å²) in [6.07, 6.45) is 1.52. The maximum atomic E-state index is 13.0. The Balaban J connectivity index is 1.61. The number of hydrogen-bond acceptors (Lipinski definition) is 4. The van der Waals surface area contributed by atoms with Crippen molar-refractivity contribution in [1.29, 1.82) is 5.26 Å². The predicted octanol–water partition coefficient (Wildman–Crippen LogP) is 6.24. The molecule has 0 heterocycles. The van der Waals surface area contributed by atoms with E-state index in [1.165, 1.54) is 18.3 Å². The first-order valence-corrected chi connectivity index (χ1v) is 9.73. The fourth-order valence-corrected chi connectivity index (χ4v) is 3.48. The summed E-state index contributed by atoms with van der Waals surface area (Å²) >= 11 is 9.76. The third-order valence-electron chi connectivity index (χ3n) is 3.95. The van der Waals surface area contributed by atoms with E-state index in [0.717, 1.165) is 11.1 Å². The zero-order chi connectivity index (χ0) is 20.6. The van der Waals surface area contributed by atoms with Gasteiger partial charge in [-0.3, -0.25) is 0 Å². The molecule has 0 bridgehead atoms. The molecule has 0 aromatic heterocycles. The fourth-order valence-electron chi connectivity index (χ4n) is 2.49. The molecule has 0 aliphatic rings. The van der Waals surface area contributed by atoms with E-state index in [1.807, 2.05) is 12.1 Å². The Labute approximate surface area is 181 Å². The lowest BCUT2D eigenvalue weighted by Gasteiger charge is -2.11. The lowest BCUT2D eigenvalue weighted by molar-refractivity contribution is 0.132. The third-order valence-corrected chi connectivity index (χ3v) is 4.82. The number of benzene rings is 3. The highest BCUT2D eigenvalue weighted by Crippen LogP contribution is 2.34. The molecule has 29 heavy (non-hydrogen) atoms. The Morgan fingerprint density at radius 1 is 1.10 bits per heavy atom. The topological polar surface area (TPSA) is 54.6 Å². The highest BCUT2D eigenvalue weighted by Gasteiger charge is 2.09. The molecule has 0 radical (unpaired) electrons. The van der Waals surface area contributed by atoms with Crippen molar-refractivity contribution in [2.45, 2.75) is 13.2 Å². The van der Waals surface area contributed by atoms with E-state index in [9.17, 15) is 4.39 Å². The van der Waals surface area contributed by atoms with Crippen LogP contribution in [0.3, 0.4) is 0 Å². The zero-order valence-corrected chi connectivity index (χ0v) is 17.5. The Bertz CT molecular complexity index is 1040. The normalized spacial score (nSPS) is 10.7. The molecular formula is C22H15BrClFN2O2. The van der Waals surface area contributed by atoms with Gasteiger partial charge in [-0.25, -0.2) is 4.39 Å². The van der Waals surface area contributed by atoms with E-state index >= 15 is 0 Å². The average molecular weight is 474 g/mol. The van der Waals surface area contributed by atoms with Crippen LogP contribution < -0.4 is 4.74 Å². The number of hydrogen-bond donors (Lipinski definition) is 0. The molecule has 146 valence electrons. The van der Waals surface area contributed by atoms with Crippen molar-refractivity contribution in [3.63, 3.8) is 0 Å². The lowest BCUT2D eigenvalue weighted by atomic mass is 10.1. The summed E-state index contributed by atoms with van der Waals surface area (Å²) < 4.78 is 19.4. The molecule has 0 aliphatic carbocycles. The minimum absolute atomic E-state index is 0.188. The molecule has 0 spiro atoms. The summed E-state index contributed by atoms with van der Waals surface area (Å²) in [5, 5.41) is 13.4. The SMILES string of the molecule is N#Cc1ccccc1CO/N=C\c1cc(Cl)c(OCc2ccc(F)cc2)c(Br)c1. The second-order valence-corrected chi connectivity index (χ2v) is 7.27. The van der Waals surface area contributed by atoms with Gasteiger partial charge in [-0.2, -0.15) is 5.26 Å². The summed E-state index contributed by atoms with van der Waals surface area (Å²) in [4.78, 5) is 5.29. The molecule has 4 nitrogen and oxygen atoms in total. The van der Waals surface area contributed by atoms with Crippen LogP contribution in [0.4, 0.5) is 4.39 Å². The molecule has 3 aromatic carbocycles. The van der Waals surface area contributed by atoms with Gasteiger partial charge in [0.1, 0.15) is 19.0 Å². The van der Waals surface area contributed by atoms with Crippen molar-refractivity contribution in [2.24, 2.45) is 5.16 Å². The molecule has 0 unspecified atom stereocenters. The smallest absolute Gasteiger partial charge is 0.152 e. The molecule has 3 aromatic rings. The number of ether oxygens (including phenoxy) is 1. The maximum Gasteiger partial charge on any atom is 0.152 e. The molecule has 0 N–H and O–H groups in total. The summed E-state index contributed by atoms with van der Waals surface area (Å²) in [6.45, 7) is 0.446. The minimum Gasteiger partial charge on any atom is -0.486 e. The van der Waals surface area contributed by atoms with Gasteiger partial charge in [0.05, 0.1) is 27.3 Å². The summed E-state index contributed by atoms with van der Waals surface area (Å²) in [5.41, 5.74) is 2.85. The van der Waals surface area contributed by atoms with Crippen LogP contribution in [0.25, 0.3) is 0 Å². The first-order chi connectivity index (χ1) is 14.1. The van der Waals surface area contributed by atoms with Gasteiger partial charge in [0, 0.05) is 5.56 Å². The van der Waals surface area contributed by atoms with E-state index in [2.05, 4.69) is 27.2 Å². The highest BCUT2D eigenvalue weighted by atomic mass is 79.9. The molecule has 3 rings (SSSR count). The van der Waals surface area contributed by atoms with Crippen molar-refractivity contribution >= 4 is 33.7 Å². The van der Waals surface area contributed by atoms with Crippen LogP contribution in [0.5, 0.6) is 5.75 Å². The van der Waals surface area contributed by atoms with Gasteiger partial charge in [0.25, 0.3) is 0 Å². The quantitative estimate of drug-likeness (QED) is 0.301. The summed E-state index contributed by atoms with van der Waals surface area (Å²) in [7, 11) is 0. The van der Waals surface area contributed by atoms with E-state index < -0.39 is 0 Å². The van der Waals surface area contributed by atoms with Gasteiger partial charge in [-0.1, -0.05) is 47.1 Å². The number of oxime groups is 1. The van der Waals surface area contributed by atoms with Gasteiger partial charge in [-0.05, 0) is 57.4 Å². The molecule has 0 aliphatic heterocycles. The predicted molar refractivity (Wildman–Crippen MR) is 113 cm³/mol. The van der Waals surface area contributed by atoms with Gasteiger partial charge in [0.2, 0.25) is 0 Å². The zero-order valence-electron chi connectivity index (χ0n) is 15.1. The van der Waals surface area contributed by atoms with Crippen LogP contribution in [0.1, 0.15) is 22.3 Å². The van der Waals surface area contributed by atoms with Gasteiger partial charge < -0.3 is 9.57 Å². The minimum atomic E-state index is -0.296. The summed E-state index contributed by atoms with van der Waals surface area (Å²) in [5.74, 6) is 0.187. The standard InChI is InChI=1S/C22H15BrClFN2O2/c23-20-9-16(12-27-29-14-18-4-2-1-3-17(18)11-26)10-21(24)22(20)28-13-15-5-7-19(25)8-6-15/h1-10,12H,13-14H2/b27-12-. The first-order valence-electron chi connectivity index (χ1n) is 8.56. The molecule has 0 atom stereocenters. The number of nitrogens with zero attached hydrogens (tertiary/aromatic N) is 2. The Kier molecular flexibility index (Phi) is 7.23. The van der Waals surface area contributed by atoms with Gasteiger partial charge in [-0.15, -0.1) is 0 Å². The van der Waals surface area contributed by atoms with Crippen molar-refractivity contribution in [3.05, 3.63) is 98.2 Å².